The molecule has 33 heavy (non-hydrogen) atoms. The summed E-state index contributed by atoms with van der Waals surface area (Å²) in [5, 5.41) is 5.94. The molecule has 0 atom stereocenters. The third-order valence-corrected chi connectivity index (χ3v) is 5.44. The average molecular weight is 483 g/mol. The first kappa shape index (κ1) is 24.6. The third kappa shape index (κ3) is 5.29. The van der Waals surface area contributed by atoms with E-state index < -0.39 is 34.9 Å². The molecule has 1 N–H and O–H groups in total. The van der Waals surface area contributed by atoms with Gasteiger partial charge in [-0.05, 0) is 63.4 Å². The van der Waals surface area contributed by atoms with Crippen LogP contribution in [0.5, 0.6) is 0 Å². The van der Waals surface area contributed by atoms with Crippen molar-refractivity contribution in [3.63, 3.8) is 0 Å². The number of pyridine rings is 1. The predicted octanol–water partition coefficient (Wildman–Crippen LogP) is 4.86. The van der Waals surface area contributed by atoms with Crippen LogP contribution < -0.4 is 10.3 Å². The van der Waals surface area contributed by atoms with Gasteiger partial charge in [-0.3, -0.25) is 14.6 Å². The van der Waals surface area contributed by atoms with E-state index in [1.165, 1.54) is 40.3 Å². The van der Waals surface area contributed by atoms with Gasteiger partial charge in [0, 0.05) is 5.69 Å². The molecule has 1 amide bonds. The topological polar surface area (TPSA) is 65.5 Å². The number of ketones is 1. The average Bonchev–Trinajstić information content (AvgIpc) is 2.72. The molecule has 1 aliphatic heterocycles. The second-order valence-electron chi connectivity index (χ2n) is 8.21. The third-order valence-electron chi connectivity index (χ3n) is 4.72. The van der Waals surface area contributed by atoms with E-state index in [1.54, 1.807) is 27.0 Å². The minimum atomic E-state index is -4.61. The normalized spacial score (nSPS) is 16.8. The second kappa shape index (κ2) is 9.05. The Balaban J connectivity index is 2.02. The van der Waals surface area contributed by atoms with Crippen molar-refractivity contribution in [1.29, 1.82) is 0 Å². The van der Waals surface area contributed by atoms with Crippen molar-refractivity contribution in [2.75, 3.05) is 23.1 Å². The Kier molecular flexibility index (Phi) is 6.73. The van der Waals surface area contributed by atoms with Crippen LogP contribution in [-0.2, 0) is 15.8 Å². The molecule has 0 bridgehead atoms. The highest BCUT2D eigenvalue weighted by Crippen LogP contribution is 2.34. The van der Waals surface area contributed by atoms with Crippen molar-refractivity contribution in [3.8, 4) is 0 Å². The number of hydrogen-bond donors (Lipinski definition) is 1. The van der Waals surface area contributed by atoms with Gasteiger partial charge in [0.15, 0.2) is 5.78 Å². The highest BCUT2D eigenvalue weighted by atomic mass is 32.2. The van der Waals surface area contributed by atoms with Crippen molar-refractivity contribution < 1.29 is 27.2 Å². The lowest BCUT2D eigenvalue weighted by Gasteiger charge is -2.47. The molecule has 0 radical (unpaired) electrons. The molecule has 3 rings (SSSR count). The number of carbonyl (C=O) groups is 2. The van der Waals surface area contributed by atoms with Crippen molar-refractivity contribution in [2.24, 2.45) is 0 Å². The van der Waals surface area contributed by atoms with Gasteiger partial charge in [0.25, 0.3) is 5.91 Å². The zero-order valence-electron chi connectivity index (χ0n) is 18.3. The van der Waals surface area contributed by atoms with Gasteiger partial charge in [-0.1, -0.05) is 0 Å². The summed E-state index contributed by atoms with van der Waals surface area (Å²) in [6, 6.07) is 7.43. The Morgan fingerprint density at radius 3 is 2.18 bits per heavy atom. The number of anilines is 2. The molecular weight excluding hydrogens is 460 g/mol. The van der Waals surface area contributed by atoms with Crippen LogP contribution in [0, 0.1) is 5.82 Å². The number of nitrogens with one attached hydrogen (secondary N) is 1. The standard InChI is InChI=1S/C22H22F4N4O2S/c1-21(2,3)30-20(32)18(19(33-4)28-14-7-5-13(23)6-8-14)16(31)12-29(30)15-9-10-17(27-11-15)22(24,25)26/h5-11,28H,12H2,1-4H3. The lowest BCUT2D eigenvalue weighted by molar-refractivity contribution is -0.141. The van der Waals surface area contributed by atoms with Crippen molar-refractivity contribution in [3.05, 3.63) is 64.7 Å². The Labute approximate surface area is 192 Å². The number of hydrogen-bond acceptors (Lipinski definition) is 6. The summed E-state index contributed by atoms with van der Waals surface area (Å²) in [6.45, 7) is 4.96. The van der Waals surface area contributed by atoms with E-state index in [4.69, 9.17) is 0 Å². The summed E-state index contributed by atoms with van der Waals surface area (Å²) in [4.78, 5) is 30.0. The van der Waals surface area contributed by atoms with Crippen LogP contribution in [0.1, 0.15) is 26.5 Å². The number of aromatic nitrogens is 1. The molecule has 1 aliphatic rings. The van der Waals surface area contributed by atoms with E-state index in [0.717, 1.165) is 24.0 Å². The number of alkyl halides is 3. The van der Waals surface area contributed by atoms with Crippen LogP contribution in [0.2, 0.25) is 0 Å². The number of benzene rings is 1. The maximum absolute atomic E-state index is 13.5. The Morgan fingerprint density at radius 1 is 1.06 bits per heavy atom. The molecule has 2 heterocycles. The second-order valence-corrected chi connectivity index (χ2v) is 9.02. The quantitative estimate of drug-likeness (QED) is 0.382. The van der Waals surface area contributed by atoms with Gasteiger partial charge in [0.2, 0.25) is 0 Å². The summed E-state index contributed by atoms with van der Waals surface area (Å²) >= 11 is 1.15. The van der Waals surface area contributed by atoms with Crippen LogP contribution in [0.4, 0.5) is 28.9 Å². The van der Waals surface area contributed by atoms with Crippen molar-refractivity contribution in [1.82, 2.24) is 9.99 Å². The summed E-state index contributed by atoms with van der Waals surface area (Å²) in [5.41, 5.74) is -1.30. The minimum Gasteiger partial charge on any atom is -0.349 e. The molecular formula is C22H22F4N4O2S. The first-order valence-corrected chi connectivity index (χ1v) is 11.0. The van der Waals surface area contributed by atoms with Gasteiger partial charge < -0.3 is 5.32 Å². The number of halogens is 4. The van der Waals surface area contributed by atoms with Gasteiger partial charge in [-0.15, -0.1) is 11.8 Å². The van der Waals surface area contributed by atoms with Gasteiger partial charge in [0.1, 0.15) is 23.6 Å². The molecule has 2 aromatic rings. The molecule has 11 heteroatoms. The maximum atomic E-state index is 13.5. The smallest absolute Gasteiger partial charge is 0.349 e. The maximum Gasteiger partial charge on any atom is 0.433 e. The zero-order valence-corrected chi connectivity index (χ0v) is 19.1. The SMILES string of the molecule is CSC(Nc1ccc(F)cc1)=C1C(=O)CN(c2ccc(C(F)(F)F)nc2)N(C(C)(C)C)C1=O. The number of hydrazine groups is 1. The molecule has 0 aliphatic carbocycles. The van der Waals surface area contributed by atoms with Crippen LogP contribution in [0.15, 0.2) is 53.2 Å². The molecule has 0 unspecified atom stereocenters. The molecule has 1 aromatic heterocycles. The molecule has 1 saturated heterocycles. The molecule has 176 valence electrons. The molecule has 1 fully saturated rings. The van der Waals surface area contributed by atoms with E-state index in [2.05, 4.69) is 10.3 Å². The Bertz CT molecular complexity index is 1080. The lowest BCUT2D eigenvalue weighted by Crippen LogP contribution is -2.62. The number of nitrogens with zero attached hydrogens (tertiary/aromatic N) is 3. The minimum absolute atomic E-state index is 0.0853. The first-order valence-electron chi connectivity index (χ1n) is 9.82. The fourth-order valence-electron chi connectivity index (χ4n) is 3.30. The molecule has 6 nitrogen and oxygen atoms in total. The highest BCUT2D eigenvalue weighted by molar-refractivity contribution is 8.02. The molecule has 0 spiro atoms. The summed E-state index contributed by atoms with van der Waals surface area (Å²) < 4.78 is 51.9. The summed E-state index contributed by atoms with van der Waals surface area (Å²) in [7, 11) is 0. The van der Waals surface area contributed by atoms with Crippen LogP contribution >= 0.6 is 11.8 Å². The van der Waals surface area contributed by atoms with Crippen molar-refractivity contribution >= 4 is 34.8 Å². The monoisotopic (exact) mass is 482 g/mol. The van der Waals surface area contributed by atoms with E-state index in [9.17, 15) is 27.2 Å². The van der Waals surface area contributed by atoms with Crippen LogP contribution in [-0.4, -0.2) is 40.0 Å². The van der Waals surface area contributed by atoms with Crippen LogP contribution in [0.3, 0.4) is 0 Å². The fourth-order valence-corrected chi connectivity index (χ4v) is 3.93. The predicted molar refractivity (Wildman–Crippen MR) is 119 cm³/mol. The van der Waals surface area contributed by atoms with Gasteiger partial charge in [0.05, 0.1) is 22.5 Å². The number of amides is 1. The summed E-state index contributed by atoms with van der Waals surface area (Å²) in [6.07, 6.45) is -1.93. The van der Waals surface area contributed by atoms with Crippen LogP contribution in [0.25, 0.3) is 0 Å². The van der Waals surface area contributed by atoms with Gasteiger partial charge in [-0.25, -0.2) is 14.4 Å². The molecule has 1 aromatic carbocycles. The molecule has 0 saturated carbocycles. The van der Waals surface area contributed by atoms with E-state index >= 15 is 0 Å². The Hall–Kier alpha value is -3.08. The zero-order chi connectivity index (χ0) is 24.6. The first-order chi connectivity index (χ1) is 15.3. The summed E-state index contributed by atoms with van der Waals surface area (Å²) in [5.74, 6) is -1.56. The van der Waals surface area contributed by atoms with Crippen molar-refractivity contribution in [2.45, 2.75) is 32.5 Å². The van der Waals surface area contributed by atoms with Gasteiger partial charge in [-0.2, -0.15) is 13.2 Å². The fraction of sp³-hybridized carbons (Fsp3) is 0.318. The lowest BCUT2D eigenvalue weighted by atomic mass is 10.0. The van der Waals surface area contributed by atoms with E-state index in [0.29, 0.717) is 5.69 Å². The Morgan fingerprint density at radius 2 is 1.70 bits per heavy atom. The number of thioether (sulfide) groups is 1. The van der Waals surface area contributed by atoms with E-state index in [1.807, 2.05) is 0 Å². The number of carbonyl (C=O) groups excluding carboxylic acids is 2. The van der Waals surface area contributed by atoms with E-state index in [-0.39, 0.29) is 22.8 Å². The number of rotatable bonds is 4. The van der Waals surface area contributed by atoms with Gasteiger partial charge >= 0.3 is 6.18 Å². The highest BCUT2D eigenvalue weighted by Gasteiger charge is 2.43. The number of Topliss-reactive ketones (excluding diaryl/α,β-unsaturated/α-hetero) is 1. The largest absolute Gasteiger partial charge is 0.433 e.